The molecule has 0 unspecified atom stereocenters. The smallest absolute Gasteiger partial charge is 0.353 e. The molecule has 1 saturated heterocycles. The number of aromatic nitrogens is 3. The fraction of sp³-hybridized carbons (Fsp3) is 0.263. The van der Waals surface area contributed by atoms with Crippen molar-refractivity contribution in [3.05, 3.63) is 59.6 Å². The molecular formula is C19H14F5N5O2. The summed E-state index contributed by atoms with van der Waals surface area (Å²) in [7, 11) is 0. The van der Waals surface area contributed by atoms with E-state index in [2.05, 4.69) is 19.6 Å². The number of amides is 1. The van der Waals surface area contributed by atoms with E-state index in [0.717, 1.165) is 12.1 Å². The summed E-state index contributed by atoms with van der Waals surface area (Å²) in [6.07, 6.45) is -3.42. The molecule has 0 spiro atoms. The van der Waals surface area contributed by atoms with Gasteiger partial charge in [0.05, 0.1) is 0 Å². The highest BCUT2D eigenvalue weighted by atomic mass is 19.4. The van der Waals surface area contributed by atoms with E-state index < -0.39 is 35.2 Å². The molecule has 1 aliphatic rings. The first kappa shape index (κ1) is 20.7. The van der Waals surface area contributed by atoms with Crippen LogP contribution in [0.1, 0.15) is 16.2 Å². The minimum absolute atomic E-state index is 0.218. The minimum Gasteiger partial charge on any atom is -0.353 e. The largest absolute Gasteiger partial charge is 0.471 e. The van der Waals surface area contributed by atoms with Crippen LogP contribution in [0.3, 0.4) is 0 Å². The molecule has 1 aromatic carbocycles. The Kier molecular flexibility index (Phi) is 5.29. The van der Waals surface area contributed by atoms with Gasteiger partial charge in [-0.15, -0.1) is 0 Å². The summed E-state index contributed by atoms with van der Waals surface area (Å²) in [6, 6.07) is 6.32. The zero-order chi connectivity index (χ0) is 22.2. The van der Waals surface area contributed by atoms with Gasteiger partial charge in [0.25, 0.3) is 5.91 Å². The highest BCUT2D eigenvalue weighted by Gasteiger charge is 2.38. The maximum absolute atomic E-state index is 13.9. The van der Waals surface area contributed by atoms with Gasteiger partial charge < -0.3 is 14.3 Å². The lowest BCUT2D eigenvalue weighted by Crippen LogP contribution is -2.49. The first-order chi connectivity index (χ1) is 14.7. The first-order valence-corrected chi connectivity index (χ1v) is 9.09. The highest BCUT2D eigenvalue weighted by Crippen LogP contribution is 2.29. The molecule has 31 heavy (non-hydrogen) atoms. The summed E-state index contributed by atoms with van der Waals surface area (Å²) in [5, 5.41) is 3.30. The molecule has 0 atom stereocenters. The maximum Gasteiger partial charge on any atom is 0.471 e. The van der Waals surface area contributed by atoms with E-state index in [4.69, 9.17) is 0 Å². The van der Waals surface area contributed by atoms with Crippen molar-refractivity contribution in [2.45, 2.75) is 6.18 Å². The fourth-order valence-electron chi connectivity index (χ4n) is 3.16. The van der Waals surface area contributed by atoms with Crippen molar-refractivity contribution in [1.82, 2.24) is 20.0 Å². The standard InChI is InChI=1S/C19H14F5N5O2/c20-12-2-1-3-13(21)15(12)17(30)29-8-6-28(7-9-29)14-5-4-11(10-25-14)16-26-18(31-27-16)19(22,23)24/h1-5,10H,6-9H2. The molecule has 3 aromatic rings. The highest BCUT2D eigenvalue weighted by molar-refractivity contribution is 5.95. The third-order valence-electron chi connectivity index (χ3n) is 4.74. The number of anilines is 1. The van der Waals surface area contributed by atoms with Gasteiger partial charge in [0.15, 0.2) is 0 Å². The van der Waals surface area contributed by atoms with Gasteiger partial charge >= 0.3 is 12.1 Å². The molecule has 1 aliphatic heterocycles. The number of carbonyl (C=O) groups excluding carboxylic acids is 1. The van der Waals surface area contributed by atoms with Crippen LogP contribution in [-0.2, 0) is 6.18 Å². The molecular weight excluding hydrogens is 425 g/mol. The maximum atomic E-state index is 13.9. The number of pyridine rings is 1. The lowest BCUT2D eigenvalue weighted by molar-refractivity contribution is -0.159. The molecule has 1 amide bonds. The van der Waals surface area contributed by atoms with Crippen LogP contribution in [0.4, 0.5) is 27.8 Å². The van der Waals surface area contributed by atoms with Gasteiger partial charge in [-0.3, -0.25) is 4.79 Å². The predicted octanol–water partition coefficient (Wildman–Crippen LogP) is 3.39. The van der Waals surface area contributed by atoms with Crippen molar-refractivity contribution in [3.63, 3.8) is 0 Å². The molecule has 0 bridgehead atoms. The lowest BCUT2D eigenvalue weighted by Gasteiger charge is -2.35. The van der Waals surface area contributed by atoms with Crippen molar-refractivity contribution < 1.29 is 31.3 Å². The number of nitrogens with zero attached hydrogens (tertiary/aromatic N) is 5. The fourth-order valence-corrected chi connectivity index (χ4v) is 3.16. The molecule has 2 aromatic heterocycles. The van der Waals surface area contributed by atoms with Gasteiger partial charge in [-0.25, -0.2) is 13.8 Å². The van der Waals surface area contributed by atoms with Gasteiger partial charge in [0, 0.05) is 37.9 Å². The van der Waals surface area contributed by atoms with E-state index in [1.54, 1.807) is 6.07 Å². The van der Waals surface area contributed by atoms with E-state index in [1.165, 1.54) is 23.2 Å². The third kappa shape index (κ3) is 4.18. The summed E-state index contributed by atoms with van der Waals surface area (Å²) < 4.78 is 69.6. The van der Waals surface area contributed by atoms with E-state index in [-0.39, 0.29) is 24.5 Å². The number of piperazine rings is 1. The first-order valence-electron chi connectivity index (χ1n) is 9.09. The quantitative estimate of drug-likeness (QED) is 0.583. The minimum atomic E-state index is -4.73. The van der Waals surface area contributed by atoms with Crippen molar-refractivity contribution in [2.75, 3.05) is 31.1 Å². The molecule has 0 radical (unpaired) electrons. The predicted molar refractivity (Wildman–Crippen MR) is 97.0 cm³/mol. The summed E-state index contributed by atoms with van der Waals surface area (Å²) in [4.78, 5) is 23.2. The van der Waals surface area contributed by atoms with Crippen LogP contribution >= 0.6 is 0 Å². The molecule has 0 saturated carbocycles. The molecule has 3 heterocycles. The molecule has 0 N–H and O–H groups in total. The number of halogens is 5. The summed E-state index contributed by atoms with van der Waals surface area (Å²) in [5.41, 5.74) is -0.344. The van der Waals surface area contributed by atoms with Crippen molar-refractivity contribution in [2.24, 2.45) is 0 Å². The molecule has 1 fully saturated rings. The Balaban J connectivity index is 1.41. The monoisotopic (exact) mass is 439 g/mol. The van der Waals surface area contributed by atoms with Gasteiger partial charge in [0.1, 0.15) is 23.0 Å². The van der Waals surface area contributed by atoms with Gasteiger partial charge in [-0.05, 0) is 24.3 Å². The van der Waals surface area contributed by atoms with E-state index in [0.29, 0.717) is 18.9 Å². The molecule has 12 heteroatoms. The Labute approximate surface area is 172 Å². The van der Waals surface area contributed by atoms with Crippen LogP contribution in [0.25, 0.3) is 11.4 Å². The van der Waals surface area contributed by atoms with Gasteiger partial charge in [-0.1, -0.05) is 11.2 Å². The molecule has 7 nitrogen and oxygen atoms in total. The average molecular weight is 439 g/mol. The zero-order valence-electron chi connectivity index (χ0n) is 15.7. The van der Waals surface area contributed by atoms with Crippen LogP contribution < -0.4 is 4.90 Å². The normalized spacial score (nSPS) is 14.7. The Morgan fingerprint density at radius 1 is 1.00 bits per heavy atom. The SMILES string of the molecule is O=C(c1c(F)cccc1F)N1CCN(c2ccc(-c3noc(C(F)(F)F)n3)cn2)CC1. The number of hydrogen-bond acceptors (Lipinski definition) is 6. The lowest BCUT2D eigenvalue weighted by atomic mass is 10.1. The van der Waals surface area contributed by atoms with Crippen LogP contribution in [0.15, 0.2) is 41.1 Å². The Morgan fingerprint density at radius 3 is 2.23 bits per heavy atom. The number of benzene rings is 1. The average Bonchev–Trinajstić information content (AvgIpc) is 3.25. The Hall–Kier alpha value is -3.57. The van der Waals surface area contributed by atoms with E-state index in [1.807, 2.05) is 4.90 Å². The summed E-state index contributed by atoms with van der Waals surface area (Å²) >= 11 is 0. The van der Waals surface area contributed by atoms with Gasteiger partial charge in [-0.2, -0.15) is 18.2 Å². The third-order valence-corrected chi connectivity index (χ3v) is 4.74. The second-order valence-electron chi connectivity index (χ2n) is 6.70. The summed E-state index contributed by atoms with van der Waals surface area (Å²) in [5.74, 6) is -3.73. The summed E-state index contributed by atoms with van der Waals surface area (Å²) in [6.45, 7) is 1.15. The van der Waals surface area contributed by atoms with Crippen molar-refractivity contribution in [3.8, 4) is 11.4 Å². The molecule has 4 rings (SSSR count). The van der Waals surface area contributed by atoms with E-state index in [9.17, 15) is 26.7 Å². The van der Waals surface area contributed by atoms with Crippen molar-refractivity contribution in [1.29, 1.82) is 0 Å². The Bertz CT molecular complexity index is 1070. The van der Waals surface area contributed by atoms with Crippen molar-refractivity contribution >= 4 is 11.7 Å². The Morgan fingerprint density at radius 2 is 1.68 bits per heavy atom. The van der Waals surface area contributed by atoms with Crippen LogP contribution in [0.2, 0.25) is 0 Å². The van der Waals surface area contributed by atoms with Gasteiger partial charge in [0.2, 0.25) is 5.82 Å². The molecule has 0 aliphatic carbocycles. The van der Waals surface area contributed by atoms with E-state index >= 15 is 0 Å². The molecule has 162 valence electrons. The number of carbonyl (C=O) groups is 1. The van der Waals surface area contributed by atoms with Crippen LogP contribution in [-0.4, -0.2) is 52.1 Å². The van der Waals surface area contributed by atoms with Crippen LogP contribution in [0.5, 0.6) is 0 Å². The number of hydrogen-bond donors (Lipinski definition) is 0. The topological polar surface area (TPSA) is 75.4 Å². The second-order valence-corrected chi connectivity index (χ2v) is 6.70. The van der Waals surface area contributed by atoms with Crippen LogP contribution in [0, 0.1) is 11.6 Å². The number of alkyl halides is 3. The second kappa shape index (κ2) is 7.93. The number of rotatable bonds is 3. The zero-order valence-corrected chi connectivity index (χ0v) is 15.7.